The van der Waals surface area contributed by atoms with Crippen LogP contribution in [0, 0.1) is 0 Å². The standard InChI is InChI=1S/C8H18N4O2/c1-10-8(9)12-4-3-7(13)11-5-6-14-2/h3-6H2,1-2H3,(H,11,13)(H3,9,10,12). The lowest BCUT2D eigenvalue weighted by atomic mass is 10.4. The van der Waals surface area contributed by atoms with Gasteiger partial charge in [-0.05, 0) is 0 Å². The van der Waals surface area contributed by atoms with Gasteiger partial charge >= 0.3 is 0 Å². The molecule has 0 aromatic heterocycles. The second kappa shape index (κ2) is 8.31. The first-order valence-electron chi connectivity index (χ1n) is 4.42. The second-order valence-corrected chi connectivity index (χ2v) is 2.63. The Kier molecular flexibility index (Phi) is 7.53. The Balaban J connectivity index is 3.36. The van der Waals surface area contributed by atoms with Crippen LogP contribution < -0.4 is 16.4 Å². The predicted octanol–water partition coefficient (Wildman–Crippen LogP) is -1.33. The van der Waals surface area contributed by atoms with Crippen molar-refractivity contribution < 1.29 is 9.53 Å². The third-order valence-corrected chi connectivity index (χ3v) is 1.53. The first kappa shape index (κ1) is 12.7. The SMILES string of the molecule is CN=C(N)NCCC(=O)NCCOC. The lowest BCUT2D eigenvalue weighted by Crippen LogP contribution is -2.35. The van der Waals surface area contributed by atoms with E-state index in [9.17, 15) is 4.79 Å². The van der Waals surface area contributed by atoms with Gasteiger partial charge in [-0.25, -0.2) is 0 Å². The van der Waals surface area contributed by atoms with Crippen molar-refractivity contribution in [3.63, 3.8) is 0 Å². The van der Waals surface area contributed by atoms with Gasteiger partial charge in [0.25, 0.3) is 0 Å². The van der Waals surface area contributed by atoms with Crippen LogP contribution in [0.4, 0.5) is 0 Å². The Morgan fingerprint density at radius 1 is 1.43 bits per heavy atom. The summed E-state index contributed by atoms with van der Waals surface area (Å²) < 4.78 is 4.78. The molecule has 6 nitrogen and oxygen atoms in total. The number of nitrogens with one attached hydrogen (secondary N) is 2. The summed E-state index contributed by atoms with van der Waals surface area (Å²) in [7, 11) is 3.17. The lowest BCUT2D eigenvalue weighted by Gasteiger charge is -2.05. The molecule has 1 amide bonds. The van der Waals surface area contributed by atoms with E-state index in [1.807, 2.05) is 0 Å². The number of hydrogen-bond donors (Lipinski definition) is 3. The summed E-state index contributed by atoms with van der Waals surface area (Å²) in [5, 5.41) is 5.48. The van der Waals surface area contributed by atoms with Gasteiger partial charge in [0.1, 0.15) is 0 Å². The summed E-state index contributed by atoms with van der Waals surface area (Å²) in [4.78, 5) is 14.8. The van der Waals surface area contributed by atoms with Crippen molar-refractivity contribution in [1.29, 1.82) is 0 Å². The molecule has 0 saturated heterocycles. The molecule has 14 heavy (non-hydrogen) atoms. The lowest BCUT2D eigenvalue weighted by molar-refractivity contribution is -0.121. The van der Waals surface area contributed by atoms with Crippen LogP contribution in [0.5, 0.6) is 0 Å². The second-order valence-electron chi connectivity index (χ2n) is 2.63. The number of aliphatic imine (C=N–C) groups is 1. The molecule has 0 aliphatic carbocycles. The van der Waals surface area contributed by atoms with Crippen LogP contribution in [0.3, 0.4) is 0 Å². The number of guanidine groups is 1. The number of carbonyl (C=O) groups excluding carboxylic acids is 1. The molecular formula is C8H18N4O2. The average Bonchev–Trinajstić information content (AvgIpc) is 2.18. The van der Waals surface area contributed by atoms with Crippen LogP contribution in [0.1, 0.15) is 6.42 Å². The molecule has 0 atom stereocenters. The molecule has 0 aromatic rings. The van der Waals surface area contributed by atoms with Crippen LogP contribution >= 0.6 is 0 Å². The van der Waals surface area contributed by atoms with Crippen molar-refractivity contribution in [2.24, 2.45) is 10.7 Å². The van der Waals surface area contributed by atoms with E-state index < -0.39 is 0 Å². The molecular weight excluding hydrogens is 184 g/mol. The largest absolute Gasteiger partial charge is 0.383 e. The third kappa shape index (κ3) is 7.35. The quantitative estimate of drug-likeness (QED) is 0.283. The molecule has 6 heteroatoms. The van der Waals surface area contributed by atoms with E-state index in [1.54, 1.807) is 14.2 Å². The van der Waals surface area contributed by atoms with Crippen LogP contribution in [0.15, 0.2) is 4.99 Å². The molecule has 82 valence electrons. The molecule has 0 rings (SSSR count). The summed E-state index contributed by atoms with van der Waals surface area (Å²) in [6.45, 7) is 1.55. The number of rotatable bonds is 6. The van der Waals surface area contributed by atoms with E-state index in [2.05, 4.69) is 15.6 Å². The highest BCUT2D eigenvalue weighted by atomic mass is 16.5. The zero-order valence-corrected chi connectivity index (χ0v) is 8.67. The number of carbonyl (C=O) groups is 1. The average molecular weight is 202 g/mol. The summed E-state index contributed by atoms with van der Waals surface area (Å²) in [6, 6.07) is 0. The van der Waals surface area contributed by atoms with Gasteiger partial charge in [0.05, 0.1) is 6.61 Å². The van der Waals surface area contributed by atoms with Gasteiger partial charge < -0.3 is 21.1 Å². The number of nitrogens with zero attached hydrogens (tertiary/aromatic N) is 1. The summed E-state index contributed by atoms with van der Waals surface area (Å²) in [6.07, 6.45) is 0.375. The van der Waals surface area contributed by atoms with Crippen LogP contribution in [0.25, 0.3) is 0 Å². The van der Waals surface area contributed by atoms with E-state index >= 15 is 0 Å². The van der Waals surface area contributed by atoms with Gasteiger partial charge in [0.2, 0.25) is 5.91 Å². The Labute approximate surface area is 83.9 Å². The van der Waals surface area contributed by atoms with Crippen molar-refractivity contribution in [2.75, 3.05) is 33.9 Å². The van der Waals surface area contributed by atoms with Gasteiger partial charge in [-0.3, -0.25) is 9.79 Å². The molecule has 0 radical (unpaired) electrons. The summed E-state index contributed by atoms with van der Waals surface area (Å²) in [5.74, 6) is 0.313. The Morgan fingerprint density at radius 2 is 2.14 bits per heavy atom. The molecule has 0 heterocycles. The molecule has 0 aromatic carbocycles. The molecule has 4 N–H and O–H groups in total. The highest BCUT2D eigenvalue weighted by molar-refractivity contribution is 5.79. The molecule has 0 fully saturated rings. The maximum atomic E-state index is 11.1. The van der Waals surface area contributed by atoms with Crippen LogP contribution in [0.2, 0.25) is 0 Å². The highest BCUT2D eigenvalue weighted by Crippen LogP contribution is 1.77. The zero-order chi connectivity index (χ0) is 10.8. The maximum Gasteiger partial charge on any atom is 0.221 e. The van der Waals surface area contributed by atoms with E-state index in [-0.39, 0.29) is 5.91 Å². The van der Waals surface area contributed by atoms with E-state index in [1.165, 1.54) is 0 Å². The fourth-order valence-corrected chi connectivity index (χ4v) is 0.764. The molecule has 0 aliphatic rings. The van der Waals surface area contributed by atoms with Gasteiger partial charge in [-0.1, -0.05) is 0 Å². The van der Waals surface area contributed by atoms with Gasteiger partial charge in [0.15, 0.2) is 5.96 Å². The Hall–Kier alpha value is -1.30. The van der Waals surface area contributed by atoms with Crippen LogP contribution in [-0.2, 0) is 9.53 Å². The monoisotopic (exact) mass is 202 g/mol. The van der Waals surface area contributed by atoms with Gasteiger partial charge in [0, 0.05) is 33.7 Å². The number of hydrogen-bond acceptors (Lipinski definition) is 3. The number of amides is 1. The molecule has 0 unspecified atom stereocenters. The maximum absolute atomic E-state index is 11.1. The van der Waals surface area contributed by atoms with Crippen molar-refractivity contribution in [3.05, 3.63) is 0 Å². The van der Waals surface area contributed by atoms with E-state index in [0.29, 0.717) is 32.1 Å². The molecule has 0 aliphatic heterocycles. The Morgan fingerprint density at radius 3 is 2.71 bits per heavy atom. The number of methoxy groups -OCH3 is 1. The summed E-state index contributed by atoms with van der Waals surface area (Å²) in [5.41, 5.74) is 5.37. The minimum absolute atomic E-state index is 0.0292. The first-order chi connectivity index (χ1) is 6.70. The number of nitrogens with two attached hydrogens (primary N) is 1. The molecule has 0 saturated carbocycles. The normalized spacial score (nSPS) is 11.1. The van der Waals surface area contributed by atoms with Crippen molar-refractivity contribution in [1.82, 2.24) is 10.6 Å². The minimum Gasteiger partial charge on any atom is -0.383 e. The van der Waals surface area contributed by atoms with Crippen molar-refractivity contribution in [2.45, 2.75) is 6.42 Å². The van der Waals surface area contributed by atoms with Gasteiger partial charge in [-0.15, -0.1) is 0 Å². The molecule has 0 bridgehead atoms. The van der Waals surface area contributed by atoms with Gasteiger partial charge in [-0.2, -0.15) is 0 Å². The van der Waals surface area contributed by atoms with E-state index in [0.717, 1.165) is 0 Å². The zero-order valence-electron chi connectivity index (χ0n) is 8.67. The third-order valence-electron chi connectivity index (χ3n) is 1.53. The fourth-order valence-electron chi connectivity index (χ4n) is 0.764. The number of ether oxygens (including phenoxy) is 1. The highest BCUT2D eigenvalue weighted by Gasteiger charge is 1.99. The first-order valence-corrected chi connectivity index (χ1v) is 4.42. The smallest absolute Gasteiger partial charge is 0.221 e. The fraction of sp³-hybridized carbons (Fsp3) is 0.750. The topological polar surface area (TPSA) is 88.7 Å². The minimum atomic E-state index is -0.0292. The predicted molar refractivity (Wildman–Crippen MR) is 55.1 cm³/mol. The van der Waals surface area contributed by atoms with Crippen molar-refractivity contribution in [3.8, 4) is 0 Å². The molecule has 0 spiro atoms. The Bertz CT molecular complexity index is 194. The summed E-state index contributed by atoms with van der Waals surface area (Å²) >= 11 is 0. The van der Waals surface area contributed by atoms with Crippen molar-refractivity contribution >= 4 is 11.9 Å². The van der Waals surface area contributed by atoms with E-state index in [4.69, 9.17) is 10.5 Å². The van der Waals surface area contributed by atoms with Crippen LogP contribution in [-0.4, -0.2) is 45.7 Å².